The molecular weight excluding hydrogens is 218 g/mol. The first-order valence-electron chi connectivity index (χ1n) is 5.80. The average Bonchev–Trinajstić information content (AvgIpc) is 2.33. The maximum absolute atomic E-state index is 5.79. The van der Waals surface area contributed by atoms with Crippen LogP contribution in [0.1, 0.15) is 12.0 Å². The maximum atomic E-state index is 5.79. The van der Waals surface area contributed by atoms with Crippen molar-refractivity contribution in [2.24, 2.45) is 0 Å². The van der Waals surface area contributed by atoms with Gasteiger partial charge in [-0.3, -0.25) is 0 Å². The highest BCUT2D eigenvalue weighted by Gasteiger charge is 2.01. The van der Waals surface area contributed by atoms with Crippen LogP contribution in [0.4, 0.5) is 5.69 Å². The van der Waals surface area contributed by atoms with E-state index in [1.54, 1.807) is 7.11 Å². The van der Waals surface area contributed by atoms with Gasteiger partial charge < -0.3 is 19.9 Å². The van der Waals surface area contributed by atoms with Crippen LogP contribution in [0.5, 0.6) is 5.75 Å². The molecular formula is C13H21NO3. The Bertz CT molecular complexity index is 328. The molecule has 4 nitrogen and oxygen atoms in total. The zero-order valence-electron chi connectivity index (χ0n) is 10.6. The van der Waals surface area contributed by atoms with E-state index in [1.165, 1.54) is 0 Å². The lowest BCUT2D eigenvalue weighted by molar-refractivity contribution is 0.0644. The summed E-state index contributed by atoms with van der Waals surface area (Å²) in [4.78, 5) is 0. The lowest BCUT2D eigenvalue weighted by Crippen LogP contribution is -2.07. The molecule has 0 fully saturated rings. The highest BCUT2D eigenvalue weighted by molar-refractivity contribution is 5.53. The lowest BCUT2D eigenvalue weighted by atomic mass is 10.2. The van der Waals surface area contributed by atoms with Crippen LogP contribution in [0.2, 0.25) is 0 Å². The van der Waals surface area contributed by atoms with Crippen molar-refractivity contribution in [3.8, 4) is 5.75 Å². The van der Waals surface area contributed by atoms with Crippen molar-refractivity contribution in [1.29, 1.82) is 0 Å². The third-order valence-electron chi connectivity index (χ3n) is 2.45. The van der Waals surface area contributed by atoms with Crippen molar-refractivity contribution in [3.05, 3.63) is 23.8 Å². The van der Waals surface area contributed by atoms with Crippen LogP contribution >= 0.6 is 0 Å². The minimum absolute atomic E-state index is 0.633. The number of hydrogen-bond acceptors (Lipinski definition) is 4. The number of ether oxygens (including phenoxy) is 3. The minimum atomic E-state index is 0.633. The number of anilines is 1. The van der Waals surface area contributed by atoms with E-state index in [-0.39, 0.29) is 0 Å². The van der Waals surface area contributed by atoms with Gasteiger partial charge in [-0.1, -0.05) is 6.07 Å². The largest absolute Gasteiger partial charge is 0.493 e. The Kier molecular flexibility index (Phi) is 6.43. The van der Waals surface area contributed by atoms with Gasteiger partial charge >= 0.3 is 0 Å². The van der Waals surface area contributed by atoms with Gasteiger partial charge in [-0.25, -0.2) is 0 Å². The third kappa shape index (κ3) is 5.06. The Hall–Kier alpha value is -1.26. The van der Waals surface area contributed by atoms with Gasteiger partial charge in [0, 0.05) is 31.4 Å². The van der Waals surface area contributed by atoms with Crippen LogP contribution in [-0.4, -0.2) is 33.5 Å². The lowest BCUT2D eigenvalue weighted by Gasteiger charge is -2.10. The van der Waals surface area contributed by atoms with E-state index < -0.39 is 0 Å². The molecule has 0 spiro atoms. The minimum Gasteiger partial charge on any atom is -0.493 e. The Morgan fingerprint density at radius 2 is 1.94 bits per heavy atom. The summed E-state index contributed by atoms with van der Waals surface area (Å²) in [5, 5.41) is 0. The molecule has 0 bridgehead atoms. The second kappa shape index (κ2) is 7.92. The smallest absolute Gasteiger partial charge is 0.124 e. The van der Waals surface area contributed by atoms with Crippen molar-refractivity contribution in [1.82, 2.24) is 0 Å². The molecule has 0 unspecified atom stereocenters. The van der Waals surface area contributed by atoms with Gasteiger partial charge in [-0.15, -0.1) is 0 Å². The Morgan fingerprint density at radius 3 is 2.71 bits per heavy atom. The van der Waals surface area contributed by atoms with Gasteiger partial charge in [0.2, 0.25) is 0 Å². The summed E-state index contributed by atoms with van der Waals surface area (Å²) in [5.74, 6) is 0.849. The standard InChI is InChI=1S/C13H21NO3/c1-11-12(14)5-3-6-13(11)17-8-4-7-16-10-9-15-2/h3,5-6H,4,7-10,14H2,1-2H3. The third-order valence-corrected chi connectivity index (χ3v) is 2.45. The molecule has 0 amide bonds. The molecule has 2 N–H and O–H groups in total. The zero-order chi connectivity index (χ0) is 12.5. The number of nitrogen functional groups attached to an aromatic ring is 1. The molecule has 0 radical (unpaired) electrons. The topological polar surface area (TPSA) is 53.7 Å². The van der Waals surface area contributed by atoms with E-state index in [0.717, 1.165) is 23.4 Å². The second-order valence-corrected chi connectivity index (χ2v) is 3.78. The van der Waals surface area contributed by atoms with Gasteiger partial charge in [0.15, 0.2) is 0 Å². The Labute approximate surface area is 103 Å². The molecule has 0 aliphatic heterocycles. The molecule has 17 heavy (non-hydrogen) atoms. The molecule has 0 saturated carbocycles. The van der Waals surface area contributed by atoms with E-state index >= 15 is 0 Å². The first kappa shape index (κ1) is 13.8. The summed E-state index contributed by atoms with van der Waals surface area (Å²) < 4.78 is 15.8. The van der Waals surface area contributed by atoms with Gasteiger partial charge in [0.25, 0.3) is 0 Å². The number of hydrogen-bond donors (Lipinski definition) is 1. The fraction of sp³-hybridized carbons (Fsp3) is 0.538. The number of nitrogens with two attached hydrogens (primary N) is 1. The summed E-state index contributed by atoms with van der Waals surface area (Å²) in [6.45, 7) is 4.55. The summed E-state index contributed by atoms with van der Waals surface area (Å²) in [6, 6.07) is 5.69. The number of benzene rings is 1. The SMILES string of the molecule is COCCOCCCOc1cccc(N)c1C. The predicted octanol–water partition coefficient (Wildman–Crippen LogP) is 2.01. The quantitative estimate of drug-likeness (QED) is 0.557. The van der Waals surface area contributed by atoms with Crippen molar-refractivity contribution in [3.63, 3.8) is 0 Å². The van der Waals surface area contributed by atoms with Crippen LogP contribution in [0, 0.1) is 6.92 Å². The van der Waals surface area contributed by atoms with Crippen molar-refractivity contribution >= 4 is 5.69 Å². The van der Waals surface area contributed by atoms with E-state index in [1.807, 2.05) is 25.1 Å². The maximum Gasteiger partial charge on any atom is 0.124 e. The van der Waals surface area contributed by atoms with E-state index in [9.17, 15) is 0 Å². The van der Waals surface area contributed by atoms with Crippen molar-refractivity contribution in [2.45, 2.75) is 13.3 Å². The Balaban J connectivity index is 2.16. The highest BCUT2D eigenvalue weighted by Crippen LogP contribution is 2.22. The van der Waals surface area contributed by atoms with Crippen molar-refractivity contribution in [2.75, 3.05) is 39.3 Å². The van der Waals surface area contributed by atoms with Crippen LogP contribution in [0.3, 0.4) is 0 Å². The first-order chi connectivity index (χ1) is 8.25. The van der Waals surface area contributed by atoms with Gasteiger partial charge in [-0.05, 0) is 19.1 Å². The van der Waals surface area contributed by atoms with Gasteiger partial charge in [0.1, 0.15) is 5.75 Å². The van der Waals surface area contributed by atoms with Gasteiger partial charge in [0.05, 0.1) is 19.8 Å². The first-order valence-corrected chi connectivity index (χ1v) is 5.80. The normalized spacial score (nSPS) is 10.5. The summed E-state index contributed by atoms with van der Waals surface area (Å²) in [5.41, 5.74) is 7.54. The molecule has 1 rings (SSSR count). The number of methoxy groups -OCH3 is 1. The molecule has 1 aromatic carbocycles. The monoisotopic (exact) mass is 239 g/mol. The molecule has 0 aromatic heterocycles. The van der Waals surface area contributed by atoms with E-state index in [2.05, 4.69) is 0 Å². The van der Waals surface area contributed by atoms with Crippen LogP contribution < -0.4 is 10.5 Å². The molecule has 0 aliphatic rings. The zero-order valence-corrected chi connectivity index (χ0v) is 10.6. The van der Waals surface area contributed by atoms with E-state index in [0.29, 0.717) is 26.4 Å². The molecule has 4 heteroatoms. The predicted molar refractivity (Wildman–Crippen MR) is 68.4 cm³/mol. The molecule has 0 saturated heterocycles. The van der Waals surface area contributed by atoms with Crippen molar-refractivity contribution < 1.29 is 14.2 Å². The van der Waals surface area contributed by atoms with E-state index in [4.69, 9.17) is 19.9 Å². The molecule has 0 aliphatic carbocycles. The Morgan fingerprint density at radius 1 is 1.12 bits per heavy atom. The van der Waals surface area contributed by atoms with Crippen LogP contribution in [-0.2, 0) is 9.47 Å². The molecule has 0 heterocycles. The van der Waals surface area contributed by atoms with Gasteiger partial charge in [-0.2, -0.15) is 0 Å². The summed E-state index contributed by atoms with van der Waals surface area (Å²) in [7, 11) is 1.66. The summed E-state index contributed by atoms with van der Waals surface area (Å²) >= 11 is 0. The fourth-order valence-corrected chi connectivity index (χ4v) is 1.38. The molecule has 0 atom stereocenters. The highest BCUT2D eigenvalue weighted by atomic mass is 16.5. The fourth-order valence-electron chi connectivity index (χ4n) is 1.38. The molecule has 96 valence electrons. The molecule has 1 aromatic rings. The average molecular weight is 239 g/mol. The number of rotatable bonds is 8. The van der Waals surface area contributed by atoms with Crippen LogP contribution in [0.15, 0.2) is 18.2 Å². The summed E-state index contributed by atoms with van der Waals surface area (Å²) in [6.07, 6.45) is 0.859. The second-order valence-electron chi connectivity index (χ2n) is 3.78. The van der Waals surface area contributed by atoms with Crippen LogP contribution in [0.25, 0.3) is 0 Å².